The number of rotatable bonds is 3. The van der Waals surface area contributed by atoms with Crippen molar-refractivity contribution in [3.05, 3.63) is 53.5 Å². The second kappa shape index (κ2) is 7.90. The molecule has 1 aliphatic carbocycles. The summed E-state index contributed by atoms with van der Waals surface area (Å²) in [7, 11) is 0. The van der Waals surface area contributed by atoms with Crippen molar-refractivity contribution in [1.29, 1.82) is 0 Å². The van der Waals surface area contributed by atoms with Crippen LogP contribution in [0.4, 0.5) is 18.9 Å². The van der Waals surface area contributed by atoms with Crippen molar-refractivity contribution >= 4 is 28.8 Å². The molecule has 1 N–H and O–H groups in total. The highest BCUT2D eigenvalue weighted by molar-refractivity contribution is 6.08. The molecule has 178 valence electrons. The minimum absolute atomic E-state index is 0.0847. The summed E-state index contributed by atoms with van der Waals surface area (Å²) < 4.78 is 41.3. The van der Waals surface area contributed by atoms with Gasteiger partial charge in [0.15, 0.2) is 0 Å². The first-order valence-corrected chi connectivity index (χ1v) is 11.1. The van der Waals surface area contributed by atoms with E-state index in [9.17, 15) is 27.9 Å². The lowest BCUT2D eigenvalue weighted by Crippen LogP contribution is -2.48. The van der Waals surface area contributed by atoms with E-state index < -0.39 is 29.2 Å². The third-order valence-electron chi connectivity index (χ3n) is 6.79. The molecular weight excluding hydrogens is 449 g/mol. The van der Waals surface area contributed by atoms with Gasteiger partial charge in [-0.2, -0.15) is 18.3 Å². The number of hydrogen-bond donors (Lipinski definition) is 1. The van der Waals surface area contributed by atoms with Crippen LogP contribution in [0.25, 0.3) is 10.9 Å². The van der Waals surface area contributed by atoms with Crippen molar-refractivity contribution < 1.29 is 27.9 Å². The van der Waals surface area contributed by atoms with Crippen molar-refractivity contribution in [3.63, 3.8) is 0 Å². The van der Waals surface area contributed by atoms with Crippen molar-refractivity contribution in [2.24, 2.45) is 5.92 Å². The minimum Gasteiger partial charge on any atom is -0.370 e. The van der Waals surface area contributed by atoms with Crippen molar-refractivity contribution in [2.45, 2.75) is 57.0 Å². The molecule has 2 aromatic heterocycles. The summed E-state index contributed by atoms with van der Waals surface area (Å²) in [5.74, 6) is -0.727. The highest BCUT2D eigenvalue weighted by Gasteiger charge is 2.44. The van der Waals surface area contributed by atoms with Gasteiger partial charge in [-0.15, -0.1) is 0 Å². The van der Waals surface area contributed by atoms with E-state index >= 15 is 0 Å². The van der Waals surface area contributed by atoms with Crippen LogP contribution in [0, 0.1) is 5.92 Å². The Kier molecular flexibility index (Phi) is 5.23. The first kappa shape index (κ1) is 22.5. The number of amides is 1. The summed E-state index contributed by atoms with van der Waals surface area (Å²) in [6.45, 7) is 1.45. The molecular formula is C24H23F3N4O3. The Balaban J connectivity index is 1.51. The summed E-state index contributed by atoms with van der Waals surface area (Å²) in [6, 6.07) is 6.90. The Labute approximate surface area is 193 Å². The van der Waals surface area contributed by atoms with Crippen LogP contribution in [0.15, 0.2) is 36.5 Å². The zero-order valence-corrected chi connectivity index (χ0v) is 18.4. The van der Waals surface area contributed by atoms with E-state index in [1.165, 1.54) is 13.0 Å². The average Bonchev–Trinajstić information content (AvgIpc) is 3.32. The van der Waals surface area contributed by atoms with Gasteiger partial charge in [-0.05, 0) is 62.4 Å². The topological polar surface area (TPSA) is 88.3 Å². The molecule has 1 atom stereocenters. The van der Waals surface area contributed by atoms with E-state index in [0.717, 1.165) is 59.9 Å². The Morgan fingerprint density at radius 2 is 1.94 bits per heavy atom. The van der Waals surface area contributed by atoms with Crippen molar-refractivity contribution in [3.8, 4) is 0 Å². The van der Waals surface area contributed by atoms with Crippen LogP contribution in [-0.2, 0) is 17.4 Å². The minimum atomic E-state index is -4.69. The molecule has 1 fully saturated rings. The molecule has 0 saturated heterocycles. The zero-order chi connectivity index (χ0) is 24.3. The number of carbonyl (C=O) groups excluding carboxylic acids is 2. The van der Waals surface area contributed by atoms with Gasteiger partial charge in [0.05, 0.1) is 23.4 Å². The third kappa shape index (κ3) is 3.75. The van der Waals surface area contributed by atoms with Crippen LogP contribution in [0.5, 0.6) is 0 Å². The Hall–Kier alpha value is -3.27. The molecule has 2 aliphatic rings. The average molecular weight is 472 g/mol. The fourth-order valence-electron chi connectivity index (χ4n) is 5.10. The number of benzene rings is 1. The van der Waals surface area contributed by atoms with Crippen LogP contribution in [0.2, 0.25) is 0 Å². The standard InChI is InChI=1S/C24H23F3N4O3/c1-23(34)11-15-9-20-16(12-28-31(20)17-7-5-14(13-32)6-8-17)10-19(15)30(23)22(33)18-3-2-4-21(29-18)24(25,26)27/h2-4,9-10,12-14,17,34H,5-8,11H2,1H3. The SMILES string of the molecule is CC1(O)Cc2cc3c(cnn3C3CCC(C=O)CC3)cc2N1C(=O)c1cccc(C(F)(F)F)n1. The molecule has 0 radical (unpaired) electrons. The summed E-state index contributed by atoms with van der Waals surface area (Å²) in [5.41, 5.74) is -1.22. The number of carbonyl (C=O) groups is 2. The van der Waals surface area contributed by atoms with Crippen LogP contribution in [0.3, 0.4) is 0 Å². The number of aldehydes is 1. The Morgan fingerprint density at radius 1 is 1.21 bits per heavy atom. The molecule has 7 nitrogen and oxygen atoms in total. The summed E-state index contributed by atoms with van der Waals surface area (Å²) >= 11 is 0. The number of fused-ring (bicyclic) bond motifs is 2. The lowest BCUT2D eigenvalue weighted by atomic mass is 9.87. The molecule has 1 saturated carbocycles. The van der Waals surface area contributed by atoms with Crippen LogP contribution < -0.4 is 4.90 Å². The molecule has 0 bridgehead atoms. The summed E-state index contributed by atoms with van der Waals surface area (Å²) in [5, 5.41) is 16.3. The fraction of sp³-hybridized carbons (Fsp3) is 0.417. The first-order valence-electron chi connectivity index (χ1n) is 11.1. The molecule has 1 aliphatic heterocycles. The third-order valence-corrected chi connectivity index (χ3v) is 6.79. The molecule has 1 amide bonds. The van der Waals surface area contributed by atoms with Gasteiger partial charge >= 0.3 is 6.18 Å². The molecule has 1 unspecified atom stereocenters. The number of aliphatic hydroxyl groups is 1. The van der Waals surface area contributed by atoms with Gasteiger partial charge in [0.2, 0.25) is 0 Å². The van der Waals surface area contributed by atoms with Gasteiger partial charge in [-0.25, -0.2) is 4.98 Å². The molecule has 34 heavy (non-hydrogen) atoms. The molecule has 1 aromatic carbocycles. The predicted molar refractivity (Wildman–Crippen MR) is 117 cm³/mol. The molecule has 3 aromatic rings. The highest BCUT2D eigenvalue weighted by atomic mass is 19.4. The van der Waals surface area contributed by atoms with Gasteiger partial charge in [0, 0.05) is 17.7 Å². The number of nitrogens with zero attached hydrogens (tertiary/aromatic N) is 4. The number of aromatic nitrogens is 3. The van der Waals surface area contributed by atoms with E-state index in [2.05, 4.69) is 10.1 Å². The number of hydrogen-bond acceptors (Lipinski definition) is 5. The molecule has 0 spiro atoms. The maximum Gasteiger partial charge on any atom is 0.433 e. The maximum atomic E-state index is 13.2. The van der Waals surface area contributed by atoms with Gasteiger partial charge in [0.25, 0.3) is 5.91 Å². The monoisotopic (exact) mass is 472 g/mol. The van der Waals surface area contributed by atoms with Crippen LogP contribution in [0.1, 0.15) is 60.4 Å². The van der Waals surface area contributed by atoms with E-state index in [4.69, 9.17) is 0 Å². The first-order chi connectivity index (χ1) is 16.1. The number of halogens is 3. The van der Waals surface area contributed by atoms with Crippen LogP contribution in [-0.4, -0.2) is 37.8 Å². The van der Waals surface area contributed by atoms with E-state index in [1.807, 2.05) is 10.7 Å². The Bertz CT molecular complexity index is 1280. The quantitative estimate of drug-likeness (QED) is 0.575. The largest absolute Gasteiger partial charge is 0.433 e. The Morgan fingerprint density at radius 3 is 2.62 bits per heavy atom. The van der Waals surface area contributed by atoms with Gasteiger partial charge in [-0.1, -0.05) is 6.07 Å². The smallest absolute Gasteiger partial charge is 0.370 e. The van der Waals surface area contributed by atoms with Gasteiger partial charge in [0.1, 0.15) is 23.4 Å². The lowest BCUT2D eigenvalue weighted by Gasteiger charge is -2.30. The molecule has 3 heterocycles. The van der Waals surface area contributed by atoms with E-state index in [1.54, 1.807) is 12.3 Å². The second-order valence-corrected chi connectivity index (χ2v) is 9.27. The zero-order valence-electron chi connectivity index (χ0n) is 18.4. The summed E-state index contributed by atoms with van der Waals surface area (Å²) in [4.78, 5) is 28.9. The summed E-state index contributed by atoms with van der Waals surface area (Å²) in [6.07, 6.45) is 1.40. The normalized spacial score (nSPS) is 24.9. The number of alkyl halides is 3. The van der Waals surface area contributed by atoms with E-state index in [0.29, 0.717) is 11.3 Å². The van der Waals surface area contributed by atoms with Gasteiger partial charge in [-0.3, -0.25) is 14.4 Å². The number of pyridine rings is 1. The molecule has 10 heteroatoms. The van der Waals surface area contributed by atoms with Crippen molar-refractivity contribution in [2.75, 3.05) is 4.90 Å². The predicted octanol–water partition coefficient (Wildman–Crippen LogP) is 4.29. The van der Waals surface area contributed by atoms with E-state index in [-0.39, 0.29) is 18.4 Å². The van der Waals surface area contributed by atoms with Crippen LogP contribution >= 0.6 is 0 Å². The second-order valence-electron chi connectivity index (χ2n) is 9.27. The number of anilines is 1. The molecule has 5 rings (SSSR count). The maximum absolute atomic E-state index is 13.2. The van der Waals surface area contributed by atoms with Gasteiger partial charge < -0.3 is 9.90 Å². The lowest BCUT2D eigenvalue weighted by molar-refractivity contribution is -0.141. The highest BCUT2D eigenvalue weighted by Crippen LogP contribution is 2.42. The fourth-order valence-corrected chi connectivity index (χ4v) is 5.10. The van der Waals surface area contributed by atoms with Crippen molar-refractivity contribution in [1.82, 2.24) is 14.8 Å².